The smallest absolute Gasteiger partial charge is 0.269 e. The summed E-state index contributed by atoms with van der Waals surface area (Å²) in [6, 6.07) is 14.9. The standard InChI is InChI=1S/C16H18N2O2S/c1-3-21-16-7-5-4-6-15(16)17-12(2)13-8-10-14(11-9-13)18(19)20/h4-12,17H,3H2,1-2H3. The van der Waals surface area contributed by atoms with Crippen LogP contribution in [0, 0.1) is 10.1 Å². The van der Waals surface area contributed by atoms with Crippen LogP contribution in [0.4, 0.5) is 11.4 Å². The van der Waals surface area contributed by atoms with Gasteiger partial charge in [0.1, 0.15) is 0 Å². The third-order valence-corrected chi connectivity index (χ3v) is 4.12. The normalized spacial score (nSPS) is 11.9. The molecule has 1 unspecified atom stereocenters. The molecule has 0 bridgehead atoms. The maximum Gasteiger partial charge on any atom is 0.269 e. The van der Waals surface area contributed by atoms with E-state index in [1.165, 1.54) is 4.90 Å². The lowest BCUT2D eigenvalue weighted by molar-refractivity contribution is -0.384. The molecule has 0 heterocycles. The van der Waals surface area contributed by atoms with Gasteiger partial charge in [-0.3, -0.25) is 10.1 Å². The fraction of sp³-hybridized carbons (Fsp3) is 0.250. The van der Waals surface area contributed by atoms with Crippen LogP contribution in [0.3, 0.4) is 0 Å². The fourth-order valence-corrected chi connectivity index (χ4v) is 2.84. The molecular weight excluding hydrogens is 284 g/mol. The van der Waals surface area contributed by atoms with Crippen molar-refractivity contribution in [2.75, 3.05) is 11.1 Å². The molecule has 0 saturated carbocycles. The Hall–Kier alpha value is -2.01. The quantitative estimate of drug-likeness (QED) is 0.469. The van der Waals surface area contributed by atoms with Gasteiger partial charge < -0.3 is 5.32 Å². The van der Waals surface area contributed by atoms with E-state index in [-0.39, 0.29) is 16.7 Å². The lowest BCUT2D eigenvalue weighted by atomic mass is 10.1. The summed E-state index contributed by atoms with van der Waals surface area (Å²) in [5, 5.41) is 14.1. The van der Waals surface area contributed by atoms with Gasteiger partial charge in [0.15, 0.2) is 0 Å². The molecule has 0 aromatic heterocycles. The molecule has 4 nitrogen and oxygen atoms in total. The van der Waals surface area contributed by atoms with Crippen molar-refractivity contribution in [3.63, 3.8) is 0 Å². The predicted octanol–water partition coefficient (Wildman–Crippen LogP) is 4.88. The number of anilines is 1. The summed E-state index contributed by atoms with van der Waals surface area (Å²) in [7, 11) is 0. The first-order chi connectivity index (χ1) is 10.1. The van der Waals surface area contributed by atoms with Crippen LogP contribution >= 0.6 is 11.8 Å². The number of para-hydroxylation sites is 1. The van der Waals surface area contributed by atoms with Crippen molar-refractivity contribution in [3.05, 3.63) is 64.2 Å². The highest BCUT2D eigenvalue weighted by Crippen LogP contribution is 2.30. The lowest BCUT2D eigenvalue weighted by Gasteiger charge is -2.18. The van der Waals surface area contributed by atoms with Crippen molar-refractivity contribution >= 4 is 23.1 Å². The van der Waals surface area contributed by atoms with Crippen molar-refractivity contribution < 1.29 is 4.92 Å². The second-order valence-corrected chi connectivity index (χ2v) is 5.95. The summed E-state index contributed by atoms with van der Waals surface area (Å²) in [5.74, 6) is 1.02. The highest BCUT2D eigenvalue weighted by atomic mass is 32.2. The molecule has 0 fully saturated rings. The SMILES string of the molecule is CCSc1ccccc1NC(C)c1ccc([N+](=O)[O-])cc1. The zero-order valence-electron chi connectivity index (χ0n) is 12.1. The monoisotopic (exact) mass is 302 g/mol. The largest absolute Gasteiger partial charge is 0.378 e. The Balaban J connectivity index is 2.14. The van der Waals surface area contributed by atoms with Crippen molar-refractivity contribution in [2.24, 2.45) is 0 Å². The molecule has 0 aliphatic rings. The summed E-state index contributed by atoms with van der Waals surface area (Å²) < 4.78 is 0. The summed E-state index contributed by atoms with van der Waals surface area (Å²) in [6.45, 7) is 4.18. The van der Waals surface area contributed by atoms with Crippen LogP contribution in [-0.4, -0.2) is 10.7 Å². The molecule has 2 aromatic rings. The number of rotatable bonds is 6. The first-order valence-electron chi connectivity index (χ1n) is 6.84. The summed E-state index contributed by atoms with van der Waals surface area (Å²) >= 11 is 1.79. The minimum absolute atomic E-state index is 0.0874. The van der Waals surface area contributed by atoms with Gasteiger partial charge in [-0.05, 0) is 30.4 Å². The number of non-ortho nitro benzene ring substituents is 1. The van der Waals surface area contributed by atoms with Crippen LogP contribution in [0.15, 0.2) is 53.4 Å². The van der Waals surface area contributed by atoms with Gasteiger partial charge in [-0.1, -0.05) is 31.2 Å². The molecule has 0 aliphatic carbocycles. The van der Waals surface area contributed by atoms with Gasteiger partial charge >= 0.3 is 0 Å². The molecule has 2 rings (SSSR count). The van der Waals surface area contributed by atoms with Gasteiger partial charge in [-0.15, -0.1) is 11.8 Å². The van der Waals surface area contributed by atoms with Gasteiger partial charge in [-0.2, -0.15) is 0 Å². The first kappa shape index (κ1) is 15.4. The Kier molecular flexibility index (Phi) is 5.22. The van der Waals surface area contributed by atoms with E-state index in [9.17, 15) is 10.1 Å². The van der Waals surface area contributed by atoms with E-state index in [4.69, 9.17) is 0 Å². The van der Waals surface area contributed by atoms with Crippen LogP contribution in [0.1, 0.15) is 25.5 Å². The maximum atomic E-state index is 10.7. The molecule has 0 spiro atoms. The third kappa shape index (κ3) is 3.98. The first-order valence-corrected chi connectivity index (χ1v) is 7.83. The molecule has 5 heteroatoms. The van der Waals surface area contributed by atoms with E-state index >= 15 is 0 Å². The molecule has 0 amide bonds. The van der Waals surface area contributed by atoms with Crippen LogP contribution < -0.4 is 5.32 Å². The van der Waals surface area contributed by atoms with E-state index in [1.54, 1.807) is 36.0 Å². The van der Waals surface area contributed by atoms with Gasteiger partial charge in [-0.25, -0.2) is 0 Å². The highest BCUT2D eigenvalue weighted by Gasteiger charge is 2.10. The Morgan fingerprint density at radius 1 is 1.19 bits per heavy atom. The summed E-state index contributed by atoms with van der Waals surface area (Å²) in [6.07, 6.45) is 0. The number of benzene rings is 2. The van der Waals surface area contributed by atoms with E-state index in [0.29, 0.717) is 0 Å². The molecule has 1 atom stereocenters. The Labute approximate surface area is 128 Å². The molecule has 2 aromatic carbocycles. The fourth-order valence-electron chi connectivity index (χ4n) is 2.07. The van der Waals surface area contributed by atoms with E-state index in [2.05, 4.69) is 31.3 Å². The number of hydrogen-bond donors (Lipinski definition) is 1. The Morgan fingerprint density at radius 2 is 1.86 bits per heavy atom. The molecule has 1 N–H and O–H groups in total. The van der Waals surface area contributed by atoms with Crippen molar-refractivity contribution in [1.29, 1.82) is 0 Å². The Bertz CT molecular complexity index is 614. The second-order valence-electron chi connectivity index (χ2n) is 4.64. The van der Waals surface area contributed by atoms with Gasteiger partial charge in [0.05, 0.1) is 4.92 Å². The number of hydrogen-bond acceptors (Lipinski definition) is 4. The number of nitro groups is 1. The molecule has 0 aliphatic heterocycles. The minimum atomic E-state index is -0.380. The summed E-state index contributed by atoms with van der Waals surface area (Å²) in [4.78, 5) is 11.5. The minimum Gasteiger partial charge on any atom is -0.378 e. The summed E-state index contributed by atoms with van der Waals surface area (Å²) in [5.41, 5.74) is 2.24. The average molecular weight is 302 g/mol. The lowest BCUT2D eigenvalue weighted by Crippen LogP contribution is -2.07. The third-order valence-electron chi connectivity index (χ3n) is 3.16. The molecule has 21 heavy (non-hydrogen) atoms. The Morgan fingerprint density at radius 3 is 2.48 bits per heavy atom. The van der Waals surface area contributed by atoms with Crippen molar-refractivity contribution in [3.8, 4) is 0 Å². The highest BCUT2D eigenvalue weighted by molar-refractivity contribution is 7.99. The van der Waals surface area contributed by atoms with Crippen LogP contribution in [0.2, 0.25) is 0 Å². The average Bonchev–Trinajstić information content (AvgIpc) is 2.49. The predicted molar refractivity (Wildman–Crippen MR) is 88.0 cm³/mol. The van der Waals surface area contributed by atoms with Crippen molar-refractivity contribution in [2.45, 2.75) is 24.8 Å². The molecular formula is C16H18N2O2S. The van der Waals surface area contributed by atoms with Crippen LogP contribution in [0.5, 0.6) is 0 Å². The topological polar surface area (TPSA) is 55.2 Å². The number of nitro benzene ring substituents is 1. The molecule has 0 saturated heterocycles. The zero-order chi connectivity index (χ0) is 15.2. The number of nitrogens with one attached hydrogen (secondary N) is 1. The molecule has 110 valence electrons. The van der Waals surface area contributed by atoms with Gasteiger partial charge in [0, 0.05) is 28.8 Å². The van der Waals surface area contributed by atoms with Crippen molar-refractivity contribution in [1.82, 2.24) is 0 Å². The zero-order valence-corrected chi connectivity index (χ0v) is 12.9. The van der Waals surface area contributed by atoms with Crippen LogP contribution in [-0.2, 0) is 0 Å². The van der Waals surface area contributed by atoms with E-state index in [0.717, 1.165) is 17.0 Å². The van der Waals surface area contributed by atoms with Gasteiger partial charge in [0.25, 0.3) is 5.69 Å². The van der Waals surface area contributed by atoms with E-state index < -0.39 is 0 Å². The number of thioether (sulfide) groups is 1. The van der Waals surface area contributed by atoms with E-state index in [1.807, 2.05) is 12.1 Å². The number of nitrogens with zero attached hydrogens (tertiary/aromatic N) is 1. The van der Waals surface area contributed by atoms with Crippen LogP contribution in [0.25, 0.3) is 0 Å². The molecule has 0 radical (unpaired) electrons. The maximum absolute atomic E-state index is 10.7. The van der Waals surface area contributed by atoms with Gasteiger partial charge in [0.2, 0.25) is 0 Å². The second kappa shape index (κ2) is 7.13.